The highest BCUT2D eigenvalue weighted by Crippen LogP contribution is 2.19. The minimum Gasteiger partial charge on any atom is -0.370 e. The van der Waals surface area contributed by atoms with E-state index >= 15 is 0 Å². The van der Waals surface area contributed by atoms with Crippen LogP contribution in [0.3, 0.4) is 0 Å². The van der Waals surface area contributed by atoms with Gasteiger partial charge in [0.1, 0.15) is 5.82 Å². The smallest absolute Gasteiger partial charge is 0.251 e. The normalized spacial score (nSPS) is 12.0. The number of carbonyl (C=O) groups excluding carboxylic acids is 1. The van der Waals surface area contributed by atoms with Gasteiger partial charge in [-0.15, -0.1) is 11.3 Å². The summed E-state index contributed by atoms with van der Waals surface area (Å²) in [5, 5.41) is 8.26. The Morgan fingerprint density at radius 1 is 1.43 bits per heavy atom. The lowest BCUT2D eigenvalue weighted by Crippen LogP contribution is -2.26. The molecule has 0 aliphatic heterocycles. The third-order valence-corrected chi connectivity index (χ3v) is 4.14. The van der Waals surface area contributed by atoms with Gasteiger partial charge in [-0.3, -0.25) is 4.79 Å². The molecule has 0 fully saturated rings. The number of hydrogen-bond donors (Lipinski definition) is 2. The number of pyridine rings is 1. The van der Waals surface area contributed by atoms with E-state index in [1.54, 1.807) is 17.4 Å². The van der Waals surface area contributed by atoms with E-state index in [0.717, 1.165) is 29.4 Å². The number of aromatic nitrogens is 1. The highest BCUT2D eigenvalue weighted by molar-refractivity contribution is 7.10. The predicted octanol–water partition coefficient (Wildman–Crippen LogP) is 3.76. The second-order valence-electron chi connectivity index (χ2n) is 5.02. The Labute approximate surface area is 129 Å². The summed E-state index contributed by atoms with van der Waals surface area (Å²) in [6.45, 7) is 6.84. The molecule has 0 saturated carbocycles. The van der Waals surface area contributed by atoms with Crippen molar-refractivity contribution < 1.29 is 4.79 Å². The molecule has 2 aromatic heterocycles. The first-order chi connectivity index (χ1) is 10.1. The number of thiophene rings is 1. The highest BCUT2D eigenvalue weighted by Gasteiger charge is 2.13. The Balaban J connectivity index is 2.09. The molecule has 1 atom stereocenters. The summed E-state index contributed by atoms with van der Waals surface area (Å²) < 4.78 is 0. The SMILES string of the molecule is CCCNc1cc(C(=O)NC(C)c2cccs2)cc(C)n1. The fourth-order valence-corrected chi connectivity index (χ4v) is 2.77. The molecule has 0 radical (unpaired) electrons. The van der Waals surface area contributed by atoms with E-state index in [2.05, 4.69) is 22.5 Å². The Hall–Kier alpha value is -1.88. The zero-order valence-electron chi connectivity index (χ0n) is 12.6. The molecule has 1 unspecified atom stereocenters. The van der Waals surface area contributed by atoms with E-state index in [9.17, 15) is 4.79 Å². The molecule has 0 aromatic carbocycles. The van der Waals surface area contributed by atoms with Crippen molar-refractivity contribution in [2.45, 2.75) is 33.2 Å². The molecule has 0 aliphatic carbocycles. The van der Waals surface area contributed by atoms with E-state index in [-0.39, 0.29) is 11.9 Å². The first kappa shape index (κ1) is 15.5. The van der Waals surface area contributed by atoms with Gasteiger partial charge in [0.2, 0.25) is 0 Å². The number of hydrogen-bond acceptors (Lipinski definition) is 4. The topological polar surface area (TPSA) is 54.0 Å². The summed E-state index contributed by atoms with van der Waals surface area (Å²) in [4.78, 5) is 17.9. The van der Waals surface area contributed by atoms with Crippen LogP contribution in [-0.2, 0) is 0 Å². The van der Waals surface area contributed by atoms with Crippen molar-refractivity contribution in [2.75, 3.05) is 11.9 Å². The Bertz CT molecular complexity index is 596. The van der Waals surface area contributed by atoms with E-state index in [1.165, 1.54) is 0 Å². The number of nitrogens with zero attached hydrogens (tertiary/aromatic N) is 1. The van der Waals surface area contributed by atoms with E-state index in [0.29, 0.717) is 5.56 Å². The number of carbonyl (C=O) groups is 1. The van der Waals surface area contributed by atoms with Gasteiger partial charge in [-0.05, 0) is 43.8 Å². The van der Waals surface area contributed by atoms with Crippen LogP contribution in [0.4, 0.5) is 5.82 Å². The average Bonchev–Trinajstić information content (AvgIpc) is 2.98. The molecular formula is C16H21N3OS. The van der Waals surface area contributed by atoms with Gasteiger partial charge in [-0.25, -0.2) is 4.98 Å². The molecular weight excluding hydrogens is 282 g/mol. The van der Waals surface area contributed by atoms with Crippen LogP contribution in [-0.4, -0.2) is 17.4 Å². The minimum atomic E-state index is -0.0686. The van der Waals surface area contributed by atoms with Gasteiger partial charge in [-0.1, -0.05) is 13.0 Å². The zero-order chi connectivity index (χ0) is 15.2. The first-order valence-corrected chi connectivity index (χ1v) is 8.05. The van der Waals surface area contributed by atoms with Gasteiger partial charge in [0.05, 0.1) is 6.04 Å². The maximum atomic E-state index is 12.4. The predicted molar refractivity (Wildman–Crippen MR) is 88.0 cm³/mol. The third-order valence-electron chi connectivity index (χ3n) is 3.09. The summed E-state index contributed by atoms with van der Waals surface area (Å²) in [6.07, 6.45) is 1.02. The van der Waals surface area contributed by atoms with Crippen LogP contribution in [0.25, 0.3) is 0 Å². The van der Waals surface area contributed by atoms with Crippen LogP contribution < -0.4 is 10.6 Å². The van der Waals surface area contributed by atoms with Crippen LogP contribution in [0.15, 0.2) is 29.6 Å². The second-order valence-corrected chi connectivity index (χ2v) is 6.00. The number of anilines is 1. The van der Waals surface area contributed by atoms with Crippen molar-refractivity contribution in [2.24, 2.45) is 0 Å². The van der Waals surface area contributed by atoms with Crippen molar-refractivity contribution in [1.82, 2.24) is 10.3 Å². The molecule has 1 amide bonds. The second kappa shape index (κ2) is 7.22. The fraction of sp³-hybridized carbons (Fsp3) is 0.375. The number of aryl methyl sites for hydroxylation is 1. The van der Waals surface area contributed by atoms with Crippen molar-refractivity contribution in [3.8, 4) is 0 Å². The molecule has 0 spiro atoms. The van der Waals surface area contributed by atoms with Gasteiger partial charge in [0.25, 0.3) is 5.91 Å². The Kier molecular flexibility index (Phi) is 5.33. The maximum absolute atomic E-state index is 12.4. The van der Waals surface area contributed by atoms with Crippen molar-refractivity contribution >= 4 is 23.1 Å². The fourth-order valence-electron chi connectivity index (χ4n) is 2.03. The molecule has 0 saturated heterocycles. The van der Waals surface area contributed by atoms with Gasteiger partial charge >= 0.3 is 0 Å². The average molecular weight is 303 g/mol. The number of nitrogens with one attached hydrogen (secondary N) is 2. The Morgan fingerprint density at radius 2 is 2.24 bits per heavy atom. The van der Waals surface area contributed by atoms with Crippen LogP contribution in [0.5, 0.6) is 0 Å². The standard InChI is InChI=1S/C16H21N3OS/c1-4-7-17-15-10-13(9-11(2)18-15)16(20)19-12(3)14-6-5-8-21-14/h5-6,8-10,12H,4,7H2,1-3H3,(H,17,18)(H,19,20). The van der Waals surface area contributed by atoms with E-state index in [4.69, 9.17) is 0 Å². The summed E-state index contributed by atoms with van der Waals surface area (Å²) in [7, 11) is 0. The zero-order valence-corrected chi connectivity index (χ0v) is 13.5. The third kappa shape index (κ3) is 4.29. The lowest BCUT2D eigenvalue weighted by atomic mass is 10.2. The van der Waals surface area contributed by atoms with Gasteiger partial charge in [0, 0.05) is 22.7 Å². The van der Waals surface area contributed by atoms with Crippen molar-refractivity contribution in [3.63, 3.8) is 0 Å². The first-order valence-electron chi connectivity index (χ1n) is 7.17. The number of amides is 1. The van der Waals surface area contributed by atoms with Gasteiger partial charge in [0.15, 0.2) is 0 Å². The lowest BCUT2D eigenvalue weighted by molar-refractivity contribution is 0.0940. The van der Waals surface area contributed by atoms with Crippen LogP contribution in [0.1, 0.15) is 47.2 Å². The largest absolute Gasteiger partial charge is 0.370 e. The molecule has 0 aliphatic rings. The molecule has 5 heteroatoms. The van der Waals surface area contributed by atoms with E-state index < -0.39 is 0 Å². The van der Waals surface area contributed by atoms with E-state index in [1.807, 2.05) is 37.4 Å². The molecule has 2 heterocycles. The van der Waals surface area contributed by atoms with Gasteiger partial charge in [-0.2, -0.15) is 0 Å². The molecule has 21 heavy (non-hydrogen) atoms. The van der Waals surface area contributed by atoms with Gasteiger partial charge < -0.3 is 10.6 Å². The summed E-state index contributed by atoms with van der Waals surface area (Å²) in [5.41, 5.74) is 1.48. The van der Waals surface area contributed by atoms with Crippen LogP contribution in [0, 0.1) is 6.92 Å². The van der Waals surface area contributed by atoms with Crippen LogP contribution >= 0.6 is 11.3 Å². The summed E-state index contributed by atoms with van der Waals surface area (Å²) in [6, 6.07) is 7.65. The monoisotopic (exact) mass is 303 g/mol. The van der Waals surface area contributed by atoms with Crippen molar-refractivity contribution in [1.29, 1.82) is 0 Å². The van der Waals surface area contributed by atoms with Crippen molar-refractivity contribution in [3.05, 3.63) is 45.8 Å². The quantitative estimate of drug-likeness (QED) is 0.854. The minimum absolute atomic E-state index is 0.0121. The lowest BCUT2D eigenvalue weighted by Gasteiger charge is -2.13. The molecule has 2 aromatic rings. The summed E-state index contributed by atoms with van der Waals surface area (Å²) in [5.74, 6) is 0.687. The van der Waals surface area contributed by atoms with Crippen LogP contribution in [0.2, 0.25) is 0 Å². The maximum Gasteiger partial charge on any atom is 0.251 e. The molecule has 2 N–H and O–H groups in total. The molecule has 0 bridgehead atoms. The highest BCUT2D eigenvalue weighted by atomic mass is 32.1. The number of rotatable bonds is 6. The molecule has 112 valence electrons. The molecule has 2 rings (SSSR count). The molecule has 4 nitrogen and oxygen atoms in total. The Morgan fingerprint density at radius 3 is 2.90 bits per heavy atom. The summed E-state index contributed by atoms with van der Waals surface area (Å²) >= 11 is 1.65.